The van der Waals surface area contributed by atoms with Gasteiger partial charge in [-0.3, -0.25) is 0 Å². The highest BCUT2D eigenvalue weighted by Crippen LogP contribution is 2.50. The average Bonchev–Trinajstić information content (AvgIpc) is 1.58. The zero-order chi connectivity index (χ0) is 61.9. The molecule has 94 heavy (non-hydrogen) atoms. The molecule has 0 saturated carbocycles. The van der Waals surface area contributed by atoms with Crippen molar-refractivity contribution in [3.8, 4) is 62.2 Å². The van der Waals surface area contributed by atoms with Crippen LogP contribution in [0, 0.1) is 6.07 Å². The summed E-state index contributed by atoms with van der Waals surface area (Å²) in [5.41, 5.74) is 25.9. The number of nitrogens with zero attached hydrogens (tertiary/aromatic N) is 5. The Kier molecular flexibility index (Phi) is 11.2. The fourth-order valence-corrected chi connectivity index (χ4v) is 17.1. The van der Waals surface area contributed by atoms with Crippen LogP contribution in [0.25, 0.3) is 168 Å². The van der Waals surface area contributed by atoms with Gasteiger partial charge in [-0.05, 0) is 183 Å². The van der Waals surface area contributed by atoms with Crippen LogP contribution in [0.3, 0.4) is 0 Å². The normalized spacial score (nSPS) is 12.8. The van der Waals surface area contributed by atoms with Gasteiger partial charge in [0, 0.05) is 93.2 Å². The molecule has 1 aliphatic rings. The minimum Gasteiger partial charge on any atom is -0.309 e. The average molecular weight is 1220 g/mol. The molecule has 14 aromatic carbocycles. The van der Waals surface area contributed by atoms with Crippen LogP contribution < -0.4 is 0 Å². The van der Waals surface area contributed by atoms with E-state index >= 15 is 0 Å². The predicted molar refractivity (Wildman–Crippen MR) is 398 cm³/mol. The summed E-state index contributed by atoms with van der Waals surface area (Å²) < 4.78 is 12.3. The first kappa shape index (κ1) is 52.7. The van der Waals surface area contributed by atoms with Crippen molar-refractivity contribution in [2.45, 2.75) is 19.3 Å². The molecule has 1 aliphatic carbocycles. The smallest absolute Gasteiger partial charge is 0.309 e. The van der Waals surface area contributed by atoms with E-state index in [1.807, 2.05) is 11.3 Å². The molecule has 0 saturated heterocycles. The van der Waals surface area contributed by atoms with Gasteiger partial charge in [0.25, 0.3) is 0 Å². The van der Waals surface area contributed by atoms with Crippen LogP contribution in [0.1, 0.15) is 30.5 Å². The van der Waals surface area contributed by atoms with Crippen LogP contribution in [0.4, 0.5) is 5.69 Å². The van der Waals surface area contributed by atoms with Gasteiger partial charge < -0.3 is 18.3 Å². The summed E-state index contributed by atoms with van der Waals surface area (Å²) >= 11 is 1.88. The first-order chi connectivity index (χ1) is 46.4. The van der Waals surface area contributed by atoms with E-state index < -0.39 is 0 Å². The molecular weight excluding hydrogens is 1160 g/mol. The van der Waals surface area contributed by atoms with Crippen LogP contribution >= 0.6 is 11.3 Å². The molecule has 0 radical (unpaired) electrons. The summed E-state index contributed by atoms with van der Waals surface area (Å²) in [4.78, 5) is 4.89. The molecule has 5 heterocycles. The lowest BCUT2D eigenvalue weighted by Crippen LogP contribution is -2.15. The molecule has 438 valence electrons. The lowest BCUT2D eigenvalue weighted by molar-refractivity contribution is 0.660. The fourth-order valence-electron chi connectivity index (χ4n) is 15.9. The summed E-state index contributed by atoms with van der Waals surface area (Å²) in [7, 11) is 0. The second kappa shape index (κ2) is 20.0. The van der Waals surface area contributed by atoms with Gasteiger partial charge in [-0.15, -0.1) is 11.3 Å². The third-order valence-corrected chi connectivity index (χ3v) is 21.6. The van der Waals surface area contributed by atoms with Crippen molar-refractivity contribution in [1.29, 1.82) is 0 Å². The third-order valence-electron chi connectivity index (χ3n) is 20.4. The van der Waals surface area contributed by atoms with E-state index in [0.717, 1.165) is 39.2 Å². The van der Waals surface area contributed by atoms with E-state index in [1.165, 1.54) is 147 Å². The number of rotatable bonds is 6. The number of aromatic nitrogens is 4. The Labute approximate surface area is 545 Å². The Bertz CT molecular complexity index is 6510. The van der Waals surface area contributed by atoms with Gasteiger partial charge in [-0.2, -0.15) is 0 Å². The standard InChI is InChI=1S/C88H56N5S/c1-88(2)75-23-9-3-16-63(75)64-43-42-62(52-76(64)88)92-79-26-12-6-19-67(79)73-50-57(34-46-83(73)92)55-33-45-82-72(48-55)66-18-5-11-25-78(66)91(82)61-40-36-59(37-41-61)89-53-54-30-38-60(39-31-54)90-77-24-10-4-17-65(77)71-49-56(32-44-81(71)90)58-35-47-84-74(51-58)68-20-7-13-27-80(68)93(84)85-28-15-22-70-69-21-8-14-29-86(69)94-87(70)85/h3-52H,1-2H3/q+1. The molecule has 20 rings (SSSR count). The Morgan fingerprint density at radius 3 is 1.24 bits per heavy atom. The van der Waals surface area contributed by atoms with E-state index in [2.05, 4.69) is 342 Å². The molecule has 0 fully saturated rings. The van der Waals surface area contributed by atoms with Crippen LogP contribution in [0.15, 0.2) is 303 Å². The van der Waals surface area contributed by atoms with E-state index in [0.29, 0.717) is 0 Å². The molecule has 5 aromatic heterocycles. The number of benzene rings is 14. The minimum atomic E-state index is -0.0838. The summed E-state index contributed by atoms with van der Waals surface area (Å²) in [6.07, 6.45) is 0. The highest BCUT2D eigenvalue weighted by Gasteiger charge is 2.35. The maximum Gasteiger partial charge on any atom is 0.340 e. The van der Waals surface area contributed by atoms with Crippen molar-refractivity contribution in [2.24, 2.45) is 0 Å². The molecule has 0 unspecified atom stereocenters. The van der Waals surface area contributed by atoms with Crippen molar-refractivity contribution in [3.63, 3.8) is 0 Å². The van der Waals surface area contributed by atoms with Crippen molar-refractivity contribution in [2.75, 3.05) is 0 Å². The third kappa shape index (κ3) is 7.74. The number of thiophene rings is 1. The van der Waals surface area contributed by atoms with Gasteiger partial charge in [-0.25, -0.2) is 0 Å². The monoisotopic (exact) mass is 1210 g/mol. The van der Waals surface area contributed by atoms with E-state index in [1.54, 1.807) is 0 Å². The molecule has 5 nitrogen and oxygen atoms in total. The van der Waals surface area contributed by atoms with Crippen LogP contribution in [0.5, 0.6) is 0 Å². The number of para-hydroxylation sites is 4. The first-order valence-electron chi connectivity index (χ1n) is 32.3. The lowest BCUT2D eigenvalue weighted by Gasteiger charge is -2.22. The second-order valence-corrected chi connectivity index (χ2v) is 26.8. The predicted octanol–water partition coefficient (Wildman–Crippen LogP) is 24.1. The first-order valence-corrected chi connectivity index (χ1v) is 33.1. The highest BCUT2D eigenvalue weighted by molar-refractivity contribution is 7.26. The molecule has 0 amide bonds. The van der Waals surface area contributed by atoms with Gasteiger partial charge in [0.15, 0.2) is 0 Å². The maximum absolute atomic E-state index is 4.89. The largest absolute Gasteiger partial charge is 0.340 e. The molecular formula is C88H56N5S+. The lowest BCUT2D eigenvalue weighted by atomic mass is 9.82. The Balaban J connectivity index is 0.589. The SMILES string of the molecule is CC1(C)c2ccccc2-c2ccc(-n3c4ccccc4c4cc(-c5ccc6c(c5)c5ccccc5n6-c5ccc([N+]#Cc6ccc(-n7c8ccccc8c8cc(-c9ccc%10c(c9)c9ccccc9n%10-c9cccc%10c9sc9ccccc9%10)ccc87)cc6)cc5)ccc43)cc21. The molecule has 0 atom stereocenters. The van der Waals surface area contributed by atoms with Gasteiger partial charge >= 0.3 is 11.8 Å². The van der Waals surface area contributed by atoms with Gasteiger partial charge in [0.1, 0.15) is 5.56 Å². The Morgan fingerprint density at radius 2 is 0.702 bits per heavy atom. The Morgan fingerprint density at radius 1 is 0.298 bits per heavy atom. The van der Waals surface area contributed by atoms with Crippen molar-refractivity contribution in [1.82, 2.24) is 18.3 Å². The van der Waals surface area contributed by atoms with Gasteiger partial charge in [0.05, 0.1) is 54.5 Å². The number of hydrogen-bond donors (Lipinski definition) is 0. The molecule has 6 heteroatoms. The molecule has 0 bridgehead atoms. The summed E-state index contributed by atoms with van der Waals surface area (Å²) in [5.74, 6) is 0. The topological polar surface area (TPSA) is 24.1 Å². The van der Waals surface area contributed by atoms with E-state index in [-0.39, 0.29) is 5.41 Å². The zero-order valence-electron chi connectivity index (χ0n) is 51.5. The van der Waals surface area contributed by atoms with Gasteiger partial charge in [-0.1, -0.05) is 172 Å². The highest BCUT2D eigenvalue weighted by atomic mass is 32.1. The summed E-state index contributed by atoms with van der Waals surface area (Å²) in [5, 5.41) is 12.5. The van der Waals surface area contributed by atoms with Crippen LogP contribution in [-0.4, -0.2) is 18.3 Å². The minimum absolute atomic E-state index is 0.0838. The molecule has 0 spiro atoms. The number of fused-ring (bicyclic) bond motifs is 18. The summed E-state index contributed by atoms with van der Waals surface area (Å²) in [6, 6.07) is 115. The van der Waals surface area contributed by atoms with Gasteiger partial charge in [0.2, 0.25) is 0 Å². The van der Waals surface area contributed by atoms with Crippen molar-refractivity contribution < 1.29 is 0 Å². The number of hydrogen-bond acceptors (Lipinski definition) is 1. The molecule has 19 aromatic rings. The van der Waals surface area contributed by atoms with Crippen LogP contribution in [0.2, 0.25) is 0 Å². The summed E-state index contributed by atoms with van der Waals surface area (Å²) in [6.45, 7) is 4.72. The molecule has 0 N–H and O–H groups in total. The zero-order valence-corrected chi connectivity index (χ0v) is 52.3. The maximum atomic E-state index is 4.89. The van der Waals surface area contributed by atoms with Crippen molar-refractivity contribution in [3.05, 3.63) is 325 Å². The van der Waals surface area contributed by atoms with E-state index in [4.69, 9.17) is 4.85 Å². The quantitative estimate of drug-likeness (QED) is 0.158. The fraction of sp³-hybridized carbons (Fsp3) is 0.0341. The molecule has 0 aliphatic heterocycles. The van der Waals surface area contributed by atoms with Crippen molar-refractivity contribution >= 4 is 124 Å². The van der Waals surface area contributed by atoms with Crippen LogP contribution in [-0.2, 0) is 5.41 Å². The second-order valence-electron chi connectivity index (χ2n) is 25.8. The van der Waals surface area contributed by atoms with E-state index in [9.17, 15) is 0 Å². The Hall–Kier alpha value is -12.0.